The Bertz CT molecular complexity index is 336. The molecule has 2 rings (SSSR count). The molecule has 0 radical (unpaired) electrons. The standard InChI is InChI=1S/C11H16N2O2S/c1-2-15-11(14)6-13(10-3-4-10)5-9-7-16-8-12-9/h7-8,10H,2-6H2,1H3. The van der Waals surface area contributed by atoms with Crippen LogP contribution in [-0.4, -0.2) is 35.0 Å². The second-order valence-electron chi connectivity index (χ2n) is 3.92. The van der Waals surface area contributed by atoms with E-state index in [1.54, 1.807) is 11.3 Å². The lowest BCUT2D eigenvalue weighted by molar-refractivity contribution is -0.144. The minimum absolute atomic E-state index is 0.135. The van der Waals surface area contributed by atoms with Crippen LogP contribution in [0.5, 0.6) is 0 Å². The van der Waals surface area contributed by atoms with E-state index in [0.717, 1.165) is 12.2 Å². The van der Waals surface area contributed by atoms with Gasteiger partial charge in [0.1, 0.15) is 0 Å². The van der Waals surface area contributed by atoms with Crippen molar-refractivity contribution >= 4 is 17.3 Å². The Morgan fingerprint density at radius 1 is 1.69 bits per heavy atom. The highest BCUT2D eigenvalue weighted by atomic mass is 32.1. The van der Waals surface area contributed by atoms with Crippen molar-refractivity contribution in [3.8, 4) is 0 Å². The summed E-state index contributed by atoms with van der Waals surface area (Å²) in [6, 6.07) is 0.547. The lowest BCUT2D eigenvalue weighted by atomic mass is 10.4. The molecule has 0 unspecified atom stereocenters. The summed E-state index contributed by atoms with van der Waals surface area (Å²) in [4.78, 5) is 17.8. The first-order valence-electron chi connectivity index (χ1n) is 5.56. The van der Waals surface area contributed by atoms with Gasteiger partial charge in [0.2, 0.25) is 0 Å². The van der Waals surface area contributed by atoms with Crippen molar-refractivity contribution in [2.24, 2.45) is 0 Å². The van der Waals surface area contributed by atoms with Crippen LogP contribution in [0.25, 0.3) is 0 Å². The van der Waals surface area contributed by atoms with Crippen molar-refractivity contribution in [1.82, 2.24) is 9.88 Å². The predicted octanol–water partition coefficient (Wildman–Crippen LogP) is 1.67. The number of nitrogens with zero attached hydrogens (tertiary/aromatic N) is 2. The van der Waals surface area contributed by atoms with Gasteiger partial charge < -0.3 is 4.74 Å². The molecule has 0 atom stereocenters. The van der Waals surface area contributed by atoms with Crippen molar-refractivity contribution in [2.45, 2.75) is 32.4 Å². The van der Waals surface area contributed by atoms with Gasteiger partial charge in [0.15, 0.2) is 0 Å². The monoisotopic (exact) mass is 240 g/mol. The number of carbonyl (C=O) groups is 1. The summed E-state index contributed by atoms with van der Waals surface area (Å²) in [5.74, 6) is -0.135. The average molecular weight is 240 g/mol. The highest BCUT2D eigenvalue weighted by Gasteiger charge is 2.30. The van der Waals surface area contributed by atoms with E-state index in [0.29, 0.717) is 19.2 Å². The Balaban J connectivity index is 1.87. The van der Waals surface area contributed by atoms with Gasteiger partial charge in [0.05, 0.1) is 24.4 Å². The lowest BCUT2D eigenvalue weighted by Gasteiger charge is -2.19. The number of esters is 1. The van der Waals surface area contributed by atoms with Gasteiger partial charge in [-0.25, -0.2) is 4.98 Å². The molecule has 0 N–H and O–H groups in total. The number of aromatic nitrogens is 1. The van der Waals surface area contributed by atoms with Crippen LogP contribution < -0.4 is 0 Å². The van der Waals surface area contributed by atoms with Crippen molar-refractivity contribution in [3.63, 3.8) is 0 Å². The van der Waals surface area contributed by atoms with E-state index in [4.69, 9.17) is 4.74 Å². The number of hydrogen-bond donors (Lipinski definition) is 0. The molecule has 1 aliphatic carbocycles. The number of thiazole rings is 1. The Labute approximate surface area is 99.2 Å². The molecule has 16 heavy (non-hydrogen) atoms. The zero-order valence-electron chi connectivity index (χ0n) is 9.39. The summed E-state index contributed by atoms with van der Waals surface area (Å²) in [6.07, 6.45) is 2.37. The summed E-state index contributed by atoms with van der Waals surface area (Å²) >= 11 is 1.59. The zero-order chi connectivity index (χ0) is 11.4. The van der Waals surface area contributed by atoms with Crippen molar-refractivity contribution < 1.29 is 9.53 Å². The first-order chi connectivity index (χ1) is 7.79. The van der Waals surface area contributed by atoms with Crippen LogP contribution >= 0.6 is 11.3 Å². The van der Waals surface area contributed by atoms with Gasteiger partial charge in [-0.3, -0.25) is 9.69 Å². The van der Waals surface area contributed by atoms with Crippen molar-refractivity contribution in [2.75, 3.05) is 13.2 Å². The molecular formula is C11H16N2O2S. The fourth-order valence-electron chi connectivity index (χ4n) is 1.65. The minimum atomic E-state index is -0.135. The Morgan fingerprint density at radius 2 is 2.50 bits per heavy atom. The van der Waals surface area contributed by atoms with E-state index < -0.39 is 0 Å². The summed E-state index contributed by atoms with van der Waals surface area (Å²) < 4.78 is 4.97. The first-order valence-corrected chi connectivity index (χ1v) is 6.50. The lowest BCUT2D eigenvalue weighted by Crippen LogP contribution is -2.32. The van der Waals surface area contributed by atoms with E-state index in [2.05, 4.69) is 9.88 Å². The van der Waals surface area contributed by atoms with Crippen LogP contribution in [0.4, 0.5) is 0 Å². The van der Waals surface area contributed by atoms with Crippen molar-refractivity contribution in [3.05, 3.63) is 16.6 Å². The number of carbonyl (C=O) groups excluding carboxylic acids is 1. The summed E-state index contributed by atoms with van der Waals surface area (Å²) in [7, 11) is 0. The maximum atomic E-state index is 11.4. The van der Waals surface area contributed by atoms with E-state index in [1.807, 2.05) is 17.8 Å². The first kappa shape index (κ1) is 11.5. The Morgan fingerprint density at radius 3 is 3.06 bits per heavy atom. The minimum Gasteiger partial charge on any atom is -0.465 e. The average Bonchev–Trinajstić information content (AvgIpc) is 2.98. The fraction of sp³-hybridized carbons (Fsp3) is 0.636. The molecule has 0 amide bonds. The van der Waals surface area contributed by atoms with Gasteiger partial charge in [-0.2, -0.15) is 0 Å². The van der Waals surface area contributed by atoms with Crippen LogP contribution in [0.1, 0.15) is 25.5 Å². The molecule has 1 aromatic heterocycles. The van der Waals surface area contributed by atoms with Crippen LogP contribution in [0.2, 0.25) is 0 Å². The topological polar surface area (TPSA) is 42.4 Å². The molecule has 4 nitrogen and oxygen atoms in total. The maximum absolute atomic E-state index is 11.4. The highest BCUT2D eigenvalue weighted by molar-refractivity contribution is 7.07. The second kappa shape index (κ2) is 5.41. The van der Waals surface area contributed by atoms with Gasteiger partial charge in [-0.05, 0) is 19.8 Å². The third-order valence-electron chi connectivity index (χ3n) is 2.55. The smallest absolute Gasteiger partial charge is 0.320 e. The molecule has 0 aromatic carbocycles. The van der Waals surface area contributed by atoms with Crippen LogP contribution in [0.3, 0.4) is 0 Å². The fourth-order valence-corrected chi connectivity index (χ4v) is 2.20. The van der Waals surface area contributed by atoms with Crippen LogP contribution in [0, 0.1) is 0 Å². The molecule has 0 bridgehead atoms. The molecule has 88 valence electrons. The molecule has 1 saturated carbocycles. The van der Waals surface area contributed by atoms with E-state index >= 15 is 0 Å². The largest absolute Gasteiger partial charge is 0.465 e. The van der Waals surface area contributed by atoms with Gasteiger partial charge >= 0.3 is 5.97 Å². The molecule has 1 heterocycles. The molecule has 0 spiro atoms. The second-order valence-corrected chi connectivity index (χ2v) is 4.64. The zero-order valence-corrected chi connectivity index (χ0v) is 10.2. The Kier molecular flexibility index (Phi) is 3.90. The summed E-state index contributed by atoms with van der Waals surface area (Å²) in [6.45, 7) is 3.43. The molecule has 0 saturated heterocycles. The van der Waals surface area contributed by atoms with Crippen molar-refractivity contribution in [1.29, 1.82) is 0 Å². The maximum Gasteiger partial charge on any atom is 0.320 e. The summed E-state index contributed by atoms with van der Waals surface area (Å²) in [5, 5.41) is 2.03. The molecule has 1 fully saturated rings. The third-order valence-corrected chi connectivity index (χ3v) is 3.18. The molecule has 5 heteroatoms. The molecular weight excluding hydrogens is 224 g/mol. The third kappa shape index (κ3) is 3.28. The van der Waals surface area contributed by atoms with Gasteiger partial charge in [-0.1, -0.05) is 0 Å². The summed E-state index contributed by atoms with van der Waals surface area (Å²) in [5.41, 5.74) is 2.87. The predicted molar refractivity (Wildman–Crippen MR) is 62.2 cm³/mol. The normalized spacial score (nSPS) is 15.4. The quantitative estimate of drug-likeness (QED) is 0.709. The van der Waals surface area contributed by atoms with Crippen LogP contribution in [0.15, 0.2) is 10.9 Å². The van der Waals surface area contributed by atoms with Gasteiger partial charge in [-0.15, -0.1) is 11.3 Å². The van der Waals surface area contributed by atoms with E-state index in [1.165, 1.54) is 12.8 Å². The van der Waals surface area contributed by atoms with E-state index in [-0.39, 0.29) is 5.97 Å². The highest BCUT2D eigenvalue weighted by Crippen LogP contribution is 2.28. The SMILES string of the molecule is CCOC(=O)CN(Cc1cscn1)C1CC1. The number of hydrogen-bond acceptors (Lipinski definition) is 5. The number of ether oxygens (including phenoxy) is 1. The molecule has 0 aliphatic heterocycles. The Hall–Kier alpha value is -0.940. The number of rotatable bonds is 6. The van der Waals surface area contributed by atoms with Crippen LogP contribution in [-0.2, 0) is 16.1 Å². The van der Waals surface area contributed by atoms with E-state index in [9.17, 15) is 4.79 Å². The molecule has 1 aromatic rings. The molecule has 1 aliphatic rings. The van der Waals surface area contributed by atoms with Gasteiger partial charge in [0.25, 0.3) is 0 Å². The van der Waals surface area contributed by atoms with Gasteiger partial charge in [0, 0.05) is 18.0 Å².